The second-order valence-electron chi connectivity index (χ2n) is 3.23. The van der Waals surface area contributed by atoms with E-state index in [2.05, 4.69) is 11.9 Å². The van der Waals surface area contributed by atoms with Gasteiger partial charge in [-0.3, -0.25) is 0 Å². The van der Waals surface area contributed by atoms with E-state index < -0.39 is 0 Å². The van der Waals surface area contributed by atoms with Crippen LogP contribution in [0.1, 0.15) is 19.0 Å². The van der Waals surface area contributed by atoms with Gasteiger partial charge in [0.1, 0.15) is 0 Å². The first kappa shape index (κ1) is 12.2. The third kappa shape index (κ3) is 4.42. The smallest absolute Gasteiger partial charge is 0.166 e. The van der Waals surface area contributed by atoms with E-state index in [0.29, 0.717) is 18.2 Å². The molecule has 15 heavy (non-hydrogen) atoms. The lowest BCUT2D eigenvalue weighted by molar-refractivity contribution is 0.319. The van der Waals surface area contributed by atoms with Gasteiger partial charge < -0.3 is 10.5 Å². The molecule has 1 heterocycles. The molecule has 0 aliphatic carbocycles. The normalized spacial score (nSPS) is 10.3. The highest BCUT2D eigenvalue weighted by Gasteiger charge is 2.00. The highest BCUT2D eigenvalue weighted by atomic mass is 32.2. The molecule has 0 radical (unpaired) electrons. The van der Waals surface area contributed by atoms with Crippen molar-refractivity contribution in [3.8, 4) is 5.75 Å². The van der Waals surface area contributed by atoms with Crippen molar-refractivity contribution < 1.29 is 4.74 Å². The van der Waals surface area contributed by atoms with E-state index in [1.807, 2.05) is 30.8 Å². The molecule has 0 saturated carbocycles. The highest BCUT2D eigenvalue weighted by molar-refractivity contribution is 7.99. The molecule has 84 valence electrons. The maximum Gasteiger partial charge on any atom is 0.166 e. The molecule has 0 bridgehead atoms. The zero-order valence-corrected chi connectivity index (χ0v) is 10.1. The molecular weight excluding hydrogens is 208 g/mol. The van der Waals surface area contributed by atoms with Crippen molar-refractivity contribution in [1.82, 2.24) is 4.98 Å². The summed E-state index contributed by atoms with van der Waals surface area (Å²) in [6.07, 6.45) is 1.05. The van der Waals surface area contributed by atoms with Crippen molar-refractivity contribution in [3.05, 3.63) is 17.8 Å². The number of aromatic nitrogens is 1. The fraction of sp³-hybridized carbons (Fsp3) is 0.545. The first-order chi connectivity index (χ1) is 7.24. The minimum Gasteiger partial charge on any atom is -0.490 e. The minimum atomic E-state index is 0.484. The average molecular weight is 226 g/mol. The summed E-state index contributed by atoms with van der Waals surface area (Å²) in [7, 11) is 0. The molecule has 1 rings (SSSR count). The van der Waals surface area contributed by atoms with Crippen molar-refractivity contribution in [3.63, 3.8) is 0 Å². The van der Waals surface area contributed by atoms with E-state index in [1.54, 1.807) is 0 Å². The first-order valence-corrected chi connectivity index (χ1v) is 6.33. The second-order valence-corrected chi connectivity index (χ2v) is 4.63. The number of hydrogen-bond acceptors (Lipinski definition) is 4. The molecule has 4 heteroatoms. The van der Waals surface area contributed by atoms with Crippen LogP contribution in [-0.4, -0.2) is 23.1 Å². The number of nitrogen functional groups attached to an aromatic ring is 1. The number of rotatable bonds is 6. The summed E-state index contributed by atoms with van der Waals surface area (Å²) in [6, 6.07) is 3.79. The Kier molecular flexibility index (Phi) is 5.32. The number of hydrogen-bond donors (Lipinski definition) is 1. The van der Waals surface area contributed by atoms with Gasteiger partial charge in [0.05, 0.1) is 6.61 Å². The zero-order valence-electron chi connectivity index (χ0n) is 9.32. The molecule has 0 amide bonds. The molecule has 0 spiro atoms. The number of nitrogens with zero attached hydrogens (tertiary/aromatic N) is 1. The summed E-state index contributed by atoms with van der Waals surface area (Å²) in [5.74, 6) is 3.48. The monoisotopic (exact) mass is 226 g/mol. The van der Waals surface area contributed by atoms with Crippen molar-refractivity contribution in [2.24, 2.45) is 0 Å². The predicted octanol–water partition coefficient (Wildman–Crippen LogP) is 2.49. The minimum absolute atomic E-state index is 0.484. The topological polar surface area (TPSA) is 48.1 Å². The molecule has 0 unspecified atom stereocenters. The summed E-state index contributed by atoms with van der Waals surface area (Å²) in [4.78, 5) is 4.14. The number of ether oxygens (including phenoxy) is 1. The molecule has 0 saturated heterocycles. The SMILES string of the molecule is CCSCCCOc1ccc(C)nc1N. The van der Waals surface area contributed by atoms with Crippen molar-refractivity contribution in [2.45, 2.75) is 20.3 Å². The van der Waals surface area contributed by atoms with Crippen molar-refractivity contribution in [1.29, 1.82) is 0 Å². The van der Waals surface area contributed by atoms with Crippen molar-refractivity contribution >= 4 is 17.6 Å². The fourth-order valence-electron chi connectivity index (χ4n) is 1.17. The quantitative estimate of drug-likeness (QED) is 0.757. The Labute approximate surface area is 95.4 Å². The number of thioether (sulfide) groups is 1. The lowest BCUT2D eigenvalue weighted by Crippen LogP contribution is -2.03. The van der Waals surface area contributed by atoms with E-state index >= 15 is 0 Å². The van der Waals surface area contributed by atoms with Crippen LogP contribution in [0.3, 0.4) is 0 Å². The lowest BCUT2D eigenvalue weighted by Gasteiger charge is -2.08. The van der Waals surface area contributed by atoms with E-state index in [0.717, 1.165) is 23.6 Å². The van der Waals surface area contributed by atoms with E-state index in [-0.39, 0.29) is 0 Å². The molecule has 1 aromatic rings. The maximum atomic E-state index is 5.72. The van der Waals surface area contributed by atoms with Gasteiger partial charge in [-0.25, -0.2) is 4.98 Å². The molecule has 0 aliphatic heterocycles. The van der Waals surface area contributed by atoms with Gasteiger partial charge >= 0.3 is 0 Å². The Hall–Kier alpha value is -0.900. The van der Waals surface area contributed by atoms with Gasteiger partial charge in [0.15, 0.2) is 11.6 Å². The van der Waals surface area contributed by atoms with Crippen LogP contribution in [-0.2, 0) is 0 Å². The first-order valence-electron chi connectivity index (χ1n) is 5.17. The largest absolute Gasteiger partial charge is 0.490 e. The van der Waals surface area contributed by atoms with Crippen LogP contribution in [0, 0.1) is 6.92 Å². The van der Waals surface area contributed by atoms with Gasteiger partial charge in [0.2, 0.25) is 0 Å². The number of aryl methyl sites for hydroxylation is 1. The van der Waals surface area contributed by atoms with E-state index in [1.165, 1.54) is 0 Å². The summed E-state index contributed by atoms with van der Waals surface area (Å²) in [6.45, 7) is 4.79. The van der Waals surface area contributed by atoms with Gasteiger partial charge in [-0.05, 0) is 37.0 Å². The third-order valence-corrected chi connectivity index (χ3v) is 2.91. The van der Waals surface area contributed by atoms with Gasteiger partial charge in [-0.15, -0.1) is 0 Å². The molecule has 0 aromatic carbocycles. The van der Waals surface area contributed by atoms with Gasteiger partial charge in [0, 0.05) is 5.69 Å². The van der Waals surface area contributed by atoms with Crippen LogP contribution >= 0.6 is 11.8 Å². The molecule has 0 fully saturated rings. The number of pyridine rings is 1. The molecular formula is C11H18N2OS. The summed E-state index contributed by atoms with van der Waals surface area (Å²) >= 11 is 1.92. The Morgan fingerprint density at radius 3 is 2.93 bits per heavy atom. The van der Waals surface area contributed by atoms with E-state index in [9.17, 15) is 0 Å². The van der Waals surface area contributed by atoms with Gasteiger partial charge in [-0.2, -0.15) is 11.8 Å². The van der Waals surface area contributed by atoms with Gasteiger partial charge in [-0.1, -0.05) is 6.92 Å². The average Bonchev–Trinajstić information content (AvgIpc) is 2.20. The standard InChI is InChI=1S/C11H18N2OS/c1-3-15-8-4-7-14-10-6-5-9(2)13-11(10)12/h5-6H,3-4,7-8H2,1-2H3,(H2,12,13). The molecule has 3 nitrogen and oxygen atoms in total. The van der Waals surface area contributed by atoms with Crippen LogP contribution < -0.4 is 10.5 Å². The Morgan fingerprint density at radius 2 is 2.27 bits per heavy atom. The van der Waals surface area contributed by atoms with Crippen LogP contribution in [0.2, 0.25) is 0 Å². The van der Waals surface area contributed by atoms with Crippen LogP contribution in [0.4, 0.5) is 5.82 Å². The van der Waals surface area contributed by atoms with Crippen LogP contribution in [0.5, 0.6) is 5.75 Å². The number of anilines is 1. The highest BCUT2D eigenvalue weighted by Crippen LogP contribution is 2.18. The molecule has 0 atom stereocenters. The van der Waals surface area contributed by atoms with Crippen molar-refractivity contribution in [2.75, 3.05) is 23.8 Å². The zero-order chi connectivity index (χ0) is 11.1. The Balaban J connectivity index is 2.31. The molecule has 1 aromatic heterocycles. The Bertz CT molecular complexity index is 305. The molecule has 0 aliphatic rings. The molecule has 2 N–H and O–H groups in total. The predicted molar refractivity (Wildman–Crippen MR) is 66.5 cm³/mol. The summed E-state index contributed by atoms with van der Waals surface area (Å²) in [5, 5.41) is 0. The third-order valence-electron chi connectivity index (χ3n) is 1.92. The van der Waals surface area contributed by atoms with E-state index in [4.69, 9.17) is 10.5 Å². The maximum absolute atomic E-state index is 5.72. The van der Waals surface area contributed by atoms with Crippen LogP contribution in [0.25, 0.3) is 0 Å². The number of nitrogens with two attached hydrogens (primary N) is 1. The summed E-state index contributed by atoms with van der Waals surface area (Å²) in [5.41, 5.74) is 6.64. The fourth-order valence-corrected chi connectivity index (χ4v) is 1.78. The van der Waals surface area contributed by atoms with Gasteiger partial charge in [0.25, 0.3) is 0 Å². The summed E-state index contributed by atoms with van der Waals surface area (Å²) < 4.78 is 5.54. The second kappa shape index (κ2) is 6.56. The lowest BCUT2D eigenvalue weighted by atomic mass is 10.3. The Morgan fingerprint density at radius 1 is 1.47 bits per heavy atom. The van der Waals surface area contributed by atoms with Crippen LogP contribution in [0.15, 0.2) is 12.1 Å².